The van der Waals surface area contributed by atoms with Crippen LogP contribution in [0.2, 0.25) is 0 Å². The highest BCUT2D eigenvalue weighted by atomic mass is 32.2. The summed E-state index contributed by atoms with van der Waals surface area (Å²) in [6.45, 7) is 23.7. The Balaban J connectivity index is 5.14. The van der Waals surface area contributed by atoms with E-state index in [0.717, 1.165) is 48.7 Å². The number of carbonyl (C=O) groups is 12. The summed E-state index contributed by atoms with van der Waals surface area (Å²) in [5, 5.41) is 0. The van der Waals surface area contributed by atoms with E-state index in [9.17, 15) is 57.5 Å². The summed E-state index contributed by atoms with van der Waals surface area (Å²) in [6.07, 6.45) is 51.2. The van der Waals surface area contributed by atoms with Crippen molar-refractivity contribution in [2.45, 2.75) is 372 Å². The number of ether oxygens (including phenoxy) is 12. The van der Waals surface area contributed by atoms with Crippen molar-refractivity contribution in [2.75, 3.05) is 207 Å². The van der Waals surface area contributed by atoms with Crippen LogP contribution in [0.3, 0.4) is 0 Å². The van der Waals surface area contributed by atoms with Crippen LogP contribution in [-0.4, -0.2) is 294 Å². The number of hydrogen-bond acceptors (Lipinski definition) is 33. The lowest BCUT2D eigenvalue weighted by molar-refractivity contribution is -0.154. The van der Waals surface area contributed by atoms with Crippen molar-refractivity contribution in [1.29, 1.82) is 0 Å². The molecule has 33 heteroatoms. The van der Waals surface area contributed by atoms with E-state index in [4.69, 9.17) is 56.8 Å². The van der Waals surface area contributed by atoms with Crippen molar-refractivity contribution in [1.82, 2.24) is 14.7 Å². The number of nitrogens with zero attached hydrogens (tertiary/aromatic N) is 3. The zero-order valence-electron chi connectivity index (χ0n) is 89.9. The Labute approximate surface area is 879 Å². The van der Waals surface area contributed by atoms with Gasteiger partial charge in [0, 0.05) is 98.4 Å². The first kappa shape index (κ1) is 137. The van der Waals surface area contributed by atoms with Crippen molar-refractivity contribution in [2.24, 2.45) is 35.5 Å². The van der Waals surface area contributed by atoms with Gasteiger partial charge in [-0.15, -0.1) is 0 Å². The maximum atomic E-state index is 13.0. The first-order chi connectivity index (χ1) is 68.4. The maximum Gasteiger partial charge on any atom is 0.309 e. The molecule has 0 aliphatic heterocycles. The second kappa shape index (κ2) is 101. The quantitative estimate of drug-likeness (QED) is 0.0310. The molecule has 0 spiro atoms. The highest BCUT2D eigenvalue weighted by Crippen LogP contribution is 2.23. The van der Waals surface area contributed by atoms with Crippen LogP contribution in [0.1, 0.15) is 372 Å². The van der Waals surface area contributed by atoms with Crippen LogP contribution in [0, 0.1) is 35.5 Å². The SMILES string of the molecule is CCCCCCCCCCCCSCC(C)C(=O)OCCOC(=O)CCN(CCSCC(C)C(=O)OCCOC(=O)CCN(CC)CCC(=O)OCCOC(=O)C(C)CSCCN(CCC(=O)OCCOC(=O)C(C)CSCCCCCCCCCCCC)CCC(=O)OCCOC(=O)C(C)CSCCCCCCCCCCCC)CCC(=O)OCCOC(=O)C(C)CSCCCCCCCCCCCC. The zero-order chi connectivity index (χ0) is 104. The highest BCUT2D eigenvalue weighted by molar-refractivity contribution is 8.00. The van der Waals surface area contributed by atoms with E-state index in [1.807, 2.05) is 49.3 Å². The molecule has 0 saturated carbocycles. The van der Waals surface area contributed by atoms with Crippen molar-refractivity contribution in [3.63, 3.8) is 0 Å². The Morgan fingerprint density at radius 1 is 0.177 bits per heavy atom. The summed E-state index contributed by atoms with van der Waals surface area (Å²) in [5.74, 6) is 1.22. The second-order valence-corrected chi connectivity index (χ2v) is 44.4. The molecule has 141 heavy (non-hydrogen) atoms. The van der Waals surface area contributed by atoms with Crippen molar-refractivity contribution in [3.8, 4) is 0 Å². The molecule has 824 valence electrons. The molecular formula is C108H197N3O24S6. The van der Waals surface area contributed by atoms with Gasteiger partial charge in [-0.05, 0) is 55.2 Å². The minimum Gasteiger partial charge on any atom is -0.462 e. The fourth-order valence-electron chi connectivity index (χ4n) is 14.8. The van der Waals surface area contributed by atoms with Crippen molar-refractivity contribution < 1.29 is 114 Å². The van der Waals surface area contributed by atoms with Gasteiger partial charge in [-0.1, -0.05) is 307 Å². The molecule has 27 nitrogen and oxygen atoms in total. The van der Waals surface area contributed by atoms with Crippen LogP contribution in [0.25, 0.3) is 0 Å². The third kappa shape index (κ3) is 90.4. The minimum atomic E-state index is -0.509. The number of rotatable bonds is 105. The van der Waals surface area contributed by atoms with Gasteiger partial charge in [0.15, 0.2) is 0 Å². The first-order valence-electron chi connectivity index (χ1n) is 55.0. The Bertz CT molecular complexity index is 2750. The fraction of sp³-hybridized carbons (Fsp3) is 0.889. The lowest BCUT2D eigenvalue weighted by atomic mass is 10.1. The monoisotopic (exact) mass is 2110 g/mol. The summed E-state index contributed by atoms with van der Waals surface area (Å²) in [7, 11) is 0. The molecule has 0 aliphatic rings. The lowest BCUT2D eigenvalue weighted by Crippen LogP contribution is -2.32. The first-order valence-corrected chi connectivity index (χ1v) is 61.9. The summed E-state index contributed by atoms with van der Waals surface area (Å²) in [6, 6.07) is 0. The molecule has 0 bridgehead atoms. The van der Waals surface area contributed by atoms with Gasteiger partial charge in [-0.2, -0.15) is 70.6 Å². The van der Waals surface area contributed by atoms with Gasteiger partial charge >= 0.3 is 71.6 Å². The Morgan fingerprint density at radius 3 is 0.482 bits per heavy atom. The Morgan fingerprint density at radius 2 is 0.319 bits per heavy atom. The van der Waals surface area contributed by atoms with E-state index < -0.39 is 59.6 Å². The molecule has 0 amide bonds. The highest BCUT2D eigenvalue weighted by Gasteiger charge is 2.24. The van der Waals surface area contributed by atoms with E-state index in [2.05, 4.69) is 27.7 Å². The molecule has 0 aromatic carbocycles. The molecule has 0 saturated heterocycles. The van der Waals surface area contributed by atoms with Gasteiger partial charge in [0.1, 0.15) is 79.3 Å². The summed E-state index contributed by atoms with van der Waals surface area (Å²) in [5.41, 5.74) is 0. The molecule has 6 atom stereocenters. The van der Waals surface area contributed by atoms with Crippen molar-refractivity contribution in [3.05, 3.63) is 0 Å². The Hall–Kier alpha value is -4.38. The zero-order valence-corrected chi connectivity index (χ0v) is 94.8. The fourth-order valence-corrected chi connectivity index (χ4v) is 21.1. The molecule has 0 aromatic heterocycles. The summed E-state index contributed by atoms with van der Waals surface area (Å²) >= 11 is 10.0. The smallest absolute Gasteiger partial charge is 0.309 e. The van der Waals surface area contributed by atoms with Gasteiger partial charge in [-0.25, -0.2) is 0 Å². The van der Waals surface area contributed by atoms with Gasteiger partial charge in [-0.3, -0.25) is 57.5 Å². The lowest BCUT2D eigenvalue weighted by Gasteiger charge is -2.22. The van der Waals surface area contributed by atoms with E-state index >= 15 is 0 Å². The molecule has 0 aromatic rings. The number of esters is 12. The molecule has 0 rings (SSSR count). The molecule has 0 radical (unpaired) electrons. The number of unbranched alkanes of at least 4 members (excludes halogenated alkanes) is 36. The van der Waals surface area contributed by atoms with Gasteiger partial charge in [0.25, 0.3) is 0 Å². The van der Waals surface area contributed by atoms with Crippen molar-refractivity contribution >= 4 is 142 Å². The van der Waals surface area contributed by atoms with Crippen LogP contribution >= 0.6 is 70.6 Å². The van der Waals surface area contributed by atoms with Gasteiger partial charge in [0.05, 0.1) is 74.0 Å². The summed E-state index contributed by atoms with van der Waals surface area (Å²) < 4.78 is 65.2. The summed E-state index contributed by atoms with van der Waals surface area (Å²) in [4.78, 5) is 160. The minimum absolute atomic E-state index is 0.0108. The number of carbonyl (C=O) groups excluding carboxylic acids is 12. The maximum absolute atomic E-state index is 13.0. The molecule has 6 unspecified atom stereocenters. The predicted molar refractivity (Wildman–Crippen MR) is 581 cm³/mol. The van der Waals surface area contributed by atoms with E-state index in [0.29, 0.717) is 78.7 Å². The molecular weight excluding hydrogens is 1920 g/mol. The predicted octanol–water partition coefficient (Wildman–Crippen LogP) is 22.7. The topological polar surface area (TPSA) is 325 Å². The van der Waals surface area contributed by atoms with Crippen LogP contribution < -0.4 is 0 Å². The van der Waals surface area contributed by atoms with Crippen LogP contribution in [0.4, 0.5) is 0 Å². The van der Waals surface area contributed by atoms with Gasteiger partial charge < -0.3 is 71.5 Å². The standard InChI is InChI=1S/C108H197N3O24S6/c1-12-17-21-25-29-33-37-41-45-49-79-136-85-91(6)103(118)130-75-69-126-99(114)55-61-110(62-56-100(115)127-70-76-131-104(119)92(7)86-137-80-50-46-42-38-34-30-26-22-18-13-2)65-83-140-89-95(10)107(122)134-73-67-124-97(112)53-59-109(16-5)60-54-98(113)125-68-74-135-108(123)96(11)90-141-84-66-111(63-57-101(116)128-71-77-132-105(120)93(8)87-138-81-51-47-43-39-35-31-27-23-19-14-3)64-58-102(117)129-72-78-133-106(121)94(9)88-139-82-52-48-44-40-36-32-28-24-20-15-4/h91-96H,12-90H2,1-11H3. The molecule has 0 fully saturated rings. The van der Waals surface area contributed by atoms with E-state index in [1.54, 1.807) is 60.9 Å². The number of thioether (sulfide) groups is 6. The van der Waals surface area contributed by atoms with Gasteiger partial charge in [0.2, 0.25) is 0 Å². The molecule has 0 aliphatic carbocycles. The van der Waals surface area contributed by atoms with E-state index in [-0.39, 0.29) is 192 Å². The van der Waals surface area contributed by atoms with Crippen LogP contribution in [-0.2, 0) is 114 Å². The molecule has 0 N–H and O–H groups in total. The Kier molecular flexibility index (Phi) is 98.3. The number of hydrogen-bond donors (Lipinski definition) is 0. The van der Waals surface area contributed by atoms with Crippen LogP contribution in [0.15, 0.2) is 0 Å². The third-order valence-electron chi connectivity index (χ3n) is 24.1. The third-order valence-corrected chi connectivity index (χ3v) is 31.7. The molecule has 0 heterocycles. The normalized spacial score (nSPS) is 12.7. The average Bonchev–Trinajstić information content (AvgIpc) is 0.952. The second-order valence-electron chi connectivity index (χ2n) is 37.5. The van der Waals surface area contributed by atoms with E-state index in [1.165, 1.54) is 255 Å². The average molecular weight is 2110 g/mol. The largest absolute Gasteiger partial charge is 0.462 e. The van der Waals surface area contributed by atoms with Crippen LogP contribution in [0.5, 0.6) is 0 Å².